The van der Waals surface area contributed by atoms with Crippen molar-refractivity contribution in [1.29, 1.82) is 0 Å². The number of aliphatic imine (C=N–C) groups is 3. The lowest BCUT2D eigenvalue weighted by Gasteiger charge is -1.83. The van der Waals surface area contributed by atoms with Gasteiger partial charge in [0, 0.05) is 19.5 Å². The van der Waals surface area contributed by atoms with E-state index in [9.17, 15) is 0 Å². The van der Waals surface area contributed by atoms with Crippen LogP contribution in [0.3, 0.4) is 0 Å². The molecule has 0 unspecified atom stereocenters. The molecule has 3 heteroatoms. The van der Waals surface area contributed by atoms with E-state index in [1.165, 1.54) is 6.34 Å². The highest BCUT2D eigenvalue weighted by Crippen LogP contribution is 1.84. The first-order valence-corrected chi connectivity index (χ1v) is 4.46. The number of hydrogen-bond acceptors (Lipinski definition) is 2. The summed E-state index contributed by atoms with van der Waals surface area (Å²) < 4.78 is 0. The first-order valence-electron chi connectivity index (χ1n) is 4.46. The van der Waals surface area contributed by atoms with E-state index in [2.05, 4.69) is 21.6 Å². The predicted molar refractivity (Wildman–Crippen MR) is 62.2 cm³/mol. The molecule has 3 nitrogen and oxygen atoms in total. The van der Waals surface area contributed by atoms with Crippen LogP contribution in [-0.4, -0.2) is 25.8 Å². The third kappa shape index (κ3) is 13.7. The molecule has 0 bridgehead atoms. The van der Waals surface area contributed by atoms with Crippen LogP contribution in [-0.2, 0) is 0 Å². The highest BCUT2D eigenvalue weighted by Gasteiger charge is 1.76. The summed E-state index contributed by atoms with van der Waals surface area (Å²) in [6.45, 7) is 9.63. The van der Waals surface area contributed by atoms with Crippen molar-refractivity contribution in [2.24, 2.45) is 15.0 Å². The van der Waals surface area contributed by atoms with Crippen molar-refractivity contribution in [2.45, 2.75) is 27.2 Å². The standard InChI is InChI=1S/C8H13N3.C2H6/c1-4-5-10-7-11-8(2)6-9-3;1-2/h5-7H,2,4H2,1,3H3;1-2H3. The SMILES string of the molecule is C=C(C=NC)N=CN=CCC.CC. The molecule has 0 rings (SSSR count). The van der Waals surface area contributed by atoms with Gasteiger partial charge in [-0.2, -0.15) is 0 Å². The second-order valence-electron chi connectivity index (χ2n) is 1.86. The lowest BCUT2D eigenvalue weighted by molar-refractivity contribution is 1.32. The van der Waals surface area contributed by atoms with Gasteiger partial charge in [0.2, 0.25) is 0 Å². The van der Waals surface area contributed by atoms with Crippen LogP contribution >= 0.6 is 0 Å². The maximum atomic E-state index is 3.88. The van der Waals surface area contributed by atoms with Crippen LogP contribution in [0.2, 0.25) is 0 Å². The Kier molecular flexibility index (Phi) is 14.7. The number of nitrogens with zero attached hydrogens (tertiary/aromatic N) is 3. The predicted octanol–water partition coefficient (Wildman–Crippen LogP) is 2.74. The third-order valence-electron chi connectivity index (χ3n) is 0.856. The molecular weight excluding hydrogens is 162 g/mol. The molecule has 0 radical (unpaired) electrons. The van der Waals surface area contributed by atoms with Crippen LogP contribution in [0.15, 0.2) is 27.3 Å². The Hall–Kier alpha value is -1.25. The fraction of sp³-hybridized carbons (Fsp3) is 0.500. The van der Waals surface area contributed by atoms with E-state index >= 15 is 0 Å². The summed E-state index contributed by atoms with van der Waals surface area (Å²) in [5.41, 5.74) is 0.612. The molecule has 0 aromatic carbocycles. The Morgan fingerprint density at radius 2 is 2.00 bits per heavy atom. The molecule has 0 N–H and O–H groups in total. The van der Waals surface area contributed by atoms with Gasteiger partial charge in [-0.05, 0) is 6.42 Å². The second-order valence-corrected chi connectivity index (χ2v) is 1.86. The van der Waals surface area contributed by atoms with Crippen molar-refractivity contribution in [2.75, 3.05) is 7.05 Å². The molecule has 0 fully saturated rings. The normalized spacial score (nSPS) is 10.8. The zero-order valence-electron chi connectivity index (χ0n) is 8.99. The Balaban J connectivity index is 0. The van der Waals surface area contributed by atoms with Gasteiger partial charge >= 0.3 is 0 Å². The van der Waals surface area contributed by atoms with E-state index in [-0.39, 0.29) is 0 Å². The van der Waals surface area contributed by atoms with Crippen LogP contribution in [0.4, 0.5) is 0 Å². The fourth-order valence-corrected chi connectivity index (χ4v) is 0.442. The number of hydrogen-bond donors (Lipinski definition) is 0. The minimum atomic E-state index is 0.612. The van der Waals surface area contributed by atoms with Crippen LogP contribution in [0.5, 0.6) is 0 Å². The maximum Gasteiger partial charge on any atom is 0.115 e. The van der Waals surface area contributed by atoms with Crippen molar-refractivity contribution in [3.63, 3.8) is 0 Å². The van der Waals surface area contributed by atoms with Crippen molar-refractivity contribution in [1.82, 2.24) is 0 Å². The topological polar surface area (TPSA) is 37.1 Å². The lowest BCUT2D eigenvalue weighted by Crippen LogP contribution is -1.77. The quantitative estimate of drug-likeness (QED) is 0.472. The van der Waals surface area contributed by atoms with E-state index in [1.54, 1.807) is 19.5 Å². The summed E-state index contributed by atoms with van der Waals surface area (Å²) >= 11 is 0. The Labute approximate surface area is 81.0 Å². The van der Waals surface area contributed by atoms with Gasteiger partial charge in [-0.15, -0.1) is 0 Å². The summed E-state index contributed by atoms with van der Waals surface area (Å²) in [6.07, 6.45) is 5.74. The molecular formula is C10H19N3. The van der Waals surface area contributed by atoms with Crippen molar-refractivity contribution in [3.05, 3.63) is 12.3 Å². The molecule has 0 aromatic heterocycles. The van der Waals surface area contributed by atoms with E-state index in [1.807, 2.05) is 20.8 Å². The number of allylic oxidation sites excluding steroid dienone is 1. The van der Waals surface area contributed by atoms with Gasteiger partial charge in [0.25, 0.3) is 0 Å². The van der Waals surface area contributed by atoms with E-state index < -0.39 is 0 Å². The second kappa shape index (κ2) is 13.3. The molecule has 0 aromatic rings. The zero-order chi connectivity index (χ0) is 10.5. The molecule has 13 heavy (non-hydrogen) atoms. The summed E-state index contributed by atoms with van der Waals surface area (Å²) in [5, 5.41) is 0. The van der Waals surface area contributed by atoms with Crippen LogP contribution in [0.1, 0.15) is 27.2 Å². The van der Waals surface area contributed by atoms with E-state index in [0.29, 0.717) is 5.70 Å². The zero-order valence-corrected chi connectivity index (χ0v) is 8.99. The maximum absolute atomic E-state index is 3.88. The molecule has 0 aliphatic carbocycles. The molecule has 0 heterocycles. The highest BCUT2D eigenvalue weighted by molar-refractivity contribution is 5.81. The average Bonchev–Trinajstić information content (AvgIpc) is 2.16. The van der Waals surface area contributed by atoms with Crippen LogP contribution in [0.25, 0.3) is 0 Å². The summed E-state index contributed by atoms with van der Waals surface area (Å²) in [6, 6.07) is 0. The summed E-state index contributed by atoms with van der Waals surface area (Å²) in [5.74, 6) is 0. The largest absolute Gasteiger partial charge is 0.294 e. The minimum absolute atomic E-state index is 0.612. The Morgan fingerprint density at radius 1 is 1.38 bits per heavy atom. The first-order chi connectivity index (χ1) is 6.31. The Bertz CT molecular complexity index is 190. The third-order valence-corrected chi connectivity index (χ3v) is 0.856. The summed E-state index contributed by atoms with van der Waals surface area (Å²) in [4.78, 5) is 11.5. The van der Waals surface area contributed by atoms with Crippen LogP contribution in [0, 0.1) is 0 Å². The molecule has 0 aliphatic heterocycles. The molecule has 74 valence electrons. The van der Waals surface area contributed by atoms with E-state index in [0.717, 1.165) is 6.42 Å². The van der Waals surface area contributed by atoms with Crippen molar-refractivity contribution in [3.8, 4) is 0 Å². The molecule has 0 atom stereocenters. The van der Waals surface area contributed by atoms with Gasteiger partial charge in [-0.3, -0.25) is 4.99 Å². The summed E-state index contributed by atoms with van der Waals surface area (Å²) in [7, 11) is 1.68. The smallest absolute Gasteiger partial charge is 0.115 e. The van der Waals surface area contributed by atoms with Gasteiger partial charge < -0.3 is 0 Å². The van der Waals surface area contributed by atoms with Crippen molar-refractivity contribution < 1.29 is 0 Å². The lowest BCUT2D eigenvalue weighted by atomic mass is 10.5. The van der Waals surface area contributed by atoms with Gasteiger partial charge in [0.05, 0.1) is 5.70 Å². The van der Waals surface area contributed by atoms with Crippen LogP contribution < -0.4 is 0 Å². The molecule has 0 saturated heterocycles. The molecule has 0 spiro atoms. The first kappa shape index (κ1) is 14.3. The van der Waals surface area contributed by atoms with Crippen molar-refractivity contribution >= 4 is 18.8 Å². The monoisotopic (exact) mass is 181 g/mol. The van der Waals surface area contributed by atoms with Gasteiger partial charge in [-0.1, -0.05) is 27.4 Å². The van der Waals surface area contributed by atoms with Gasteiger partial charge in [-0.25, -0.2) is 9.98 Å². The fourth-order valence-electron chi connectivity index (χ4n) is 0.442. The molecule has 0 saturated carbocycles. The van der Waals surface area contributed by atoms with E-state index in [4.69, 9.17) is 0 Å². The minimum Gasteiger partial charge on any atom is -0.294 e. The van der Waals surface area contributed by atoms with Gasteiger partial charge in [0.1, 0.15) is 6.34 Å². The number of rotatable bonds is 4. The van der Waals surface area contributed by atoms with Gasteiger partial charge in [0.15, 0.2) is 0 Å². The highest BCUT2D eigenvalue weighted by atomic mass is 14.9. The molecule has 0 amide bonds. The average molecular weight is 181 g/mol. The molecule has 0 aliphatic rings. The Morgan fingerprint density at radius 3 is 2.46 bits per heavy atom.